The second-order valence-electron chi connectivity index (χ2n) is 4.14. The molecule has 1 amide bonds. The summed E-state index contributed by atoms with van der Waals surface area (Å²) >= 11 is 0. The van der Waals surface area contributed by atoms with Crippen LogP contribution in [-0.2, 0) is 4.79 Å². The van der Waals surface area contributed by atoms with Crippen molar-refractivity contribution < 1.29 is 4.79 Å². The van der Waals surface area contributed by atoms with Crippen LogP contribution in [0.15, 0.2) is 0 Å². The molecule has 13 heavy (non-hydrogen) atoms. The number of piperidine rings is 2. The van der Waals surface area contributed by atoms with Crippen molar-refractivity contribution in [2.24, 2.45) is 0 Å². The Morgan fingerprint density at radius 3 is 2.46 bits per heavy atom. The quantitative estimate of drug-likeness (QED) is 0.596. The lowest BCUT2D eigenvalue weighted by Gasteiger charge is -2.51. The van der Waals surface area contributed by atoms with E-state index in [0.717, 1.165) is 19.6 Å². The van der Waals surface area contributed by atoms with Gasteiger partial charge in [-0.25, -0.2) is 0 Å². The highest BCUT2D eigenvalue weighted by Crippen LogP contribution is 2.28. The van der Waals surface area contributed by atoms with Gasteiger partial charge in [0.1, 0.15) is 0 Å². The zero-order chi connectivity index (χ0) is 9.42. The molecule has 0 saturated carbocycles. The average molecular weight is 182 g/mol. The maximum Gasteiger partial charge on any atom is 0.219 e. The molecule has 2 bridgehead atoms. The van der Waals surface area contributed by atoms with Crippen LogP contribution < -0.4 is 0 Å². The molecule has 3 heterocycles. The van der Waals surface area contributed by atoms with Gasteiger partial charge in [-0.2, -0.15) is 0 Å². The second kappa shape index (κ2) is 3.29. The molecule has 3 aliphatic heterocycles. The van der Waals surface area contributed by atoms with Gasteiger partial charge in [0.05, 0.1) is 0 Å². The minimum absolute atomic E-state index is 0.255. The Morgan fingerprint density at radius 2 is 2.00 bits per heavy atom. The first-order valence-corrected chi connectivity index (χ1v) is 5.23. The zero-order valence-corrected chi connectivity index (χ0v) is 8.49. The van der Waals surface area contributed by atoms with Gasteiger partial charge in [0, 0.05) is 32.1 Å². The van der Waals surface area contributed by atoms with Crippen molar-refractivity contribution in [3.05, 3.63) is 0 Å². The third-order valence-corrected chi connectivity index (χ3v) is 3.45. The Balaban J connectivity index is 2.07. The third kappa shape index (κ3) is 1.46. The maximum absolute atomic E-state index is 11.3. The molecule has 0 N–H and O–H groups in total. The molecule has 2 atom stereocenters. The number of piperazine rings is 1. The Hall–Kier alpha value is -0.570. The number of hydrogen-bond acceptors (Lipinski definition) is 2. The van der Waals surface area contributed by atoms with Crippen LogP contribution >= 0.6 is 0 Å². The van der Waals surface area contributed by atoms with Gasteiger partial charge >= 0.3 is 0 Å². The van der Waals surface area contributed by atoms with Crippen LogP contribution in [0.3, 0.4) is 0 Å². The Labute approximate surface area is 79.7 Å². The number of hydrogen-bond donors (Lipinski definition) is 0. The van der Waals surface area contributed by atoms with Gasteiger partial charge in [0.25, 0.3) is 0 Å². The van der Waals surface area contributed by atoms with E-state index in [0.29, 0.717) is 12.1 Å². The summed E-state index contributed by atoms with van der Waals surface area (Å²) in [4.78, 5) is 15.9. The molecule has 3 nitrogen and oxygen atoms in total. The summed E-state index contributed by atoms with van der Waals surface area (Å²) in [5.74, 6) is 0.255. The summed E-state index contributed by atoms with van der Waals surface area (Å²) in [6.45, 7) is 7.09. The fourth-order valence-corrected chi connectivity index (χ4v) is 2.69. The molecule has 3 fully saturated rings. The molecule has 3 heteroatoms. The van der Waals surface area contributed by atoms with Gasteiger partial charge in [-0.3, -0.25) is 9.69 Å². The Morgan fingerprint density at radius 1 is 1.31 bits per heavy atom. The van der Waals surface area contributed by atoms with Gasteiger partial charge in [0.2, 0.25) is 5.91 Å². The number of nitrogens with zero attached hydrogens (tertiary/aromatic N) is 2. The number of likely N-dealkylation sites (N-methyl/N-ethyl adjacent to an activating group) is 1. The second-order valence-corrected chi connectivity index (χ2v) is 4.14. The van der Waals surface area contributed by atoms with Crippen LogP contribution in [0, 0.1) is 0 Å². The monoisotopic (exact) mass is 182 g/mol. The van der Waals surface area contributed by atoms with Crippen molar-refractivity contribution in [3.63, 3.8) is 0 Å². The van der Waals surface area contributed by atoms with Gasteiger partial charge in [-0.1, -0.05) is 6.92 Å². The molecular weight excluding hydrogens is 164 g/mol. The molecule has 0 spiro atoms. The first-order chi connectivity index (χ1) is 6.22. The van der Waals surface area contributed by atoms with Crippen molar-refractivity contribution in [2.75, 3.05) is 19.6 Å². The Kier molecular flexibility index (Phi) is 2.28. The van der Waals surface area contributed by atoms with E-state index in [2.05, 4.69) is 16.7 Å². The fraction of sp³-hybridized carbons (Fsp3) is 0.900. The van der Waals surface area contributed by atoms with Crippen LogP contribution in [0.4, 0.5) is 0 Å². The van der Waals surface area contributed by atoms with Crippen molar-refractivity contribution in [3.8, 4) is 0 Å². The van der Waals surface area contributed by atoms with Crippen LogP contribution in [-0.4, -0.2) is 47.4 Å². The number of amides is 1. The van der Waals surface area contributed by atoms with E-state index in [1.807, 2.05) is 0 Å². The van der Waals surface area contributed by atoms with Crippen molar-refractivity contribution >= 4 is 5.91 Å². The van der Waals surface area contributed by atoms with Crippen LogP contribution in [0.5, 0.6) is 0 Å². The lowest BCUT2D eigenvalue weighted by atomic mass is 9.91. The van der Waals surface area contributed by atoms with E-state index in [9.17, 15) is 4.79 Å². The van der Waals surface area contributed by atoms with E-state index in [1.165, 1.54) is 12.8 Å². The number of rotatable bonds is 1. The highest BCUT2D eigenvalue weighted by molar-refractivity contribution is 5.74. The molecule has 74 valence electrons. The molecule has 0 aliphatic carbocycles. The summed E-state index contributed by atoms with van der Waals surface area (Å²) in [5.41, 5.74) is 0. The predicted molar refractivity (Wildman–Crippen MR) is 51.4 cm³/mol. The molecular formula is C10H18N2O. The Bertz CT molecular complexity index is 217. The third-order valence-electron chi connectivity index (χ3n) is 3.45. The number of carbonyl (C=O) groups excluding carboxylic acids is 1. The first-order valence-electron chi connectivity index (χ1n) is 5.23. The van der Waals surface area contributed by atoms with Crippen LogP contribution in [0.1, 0.15) is 26.7 Å². The predicted octanol–water partition coefficient (Wildman–Crippen LogP) is 0.701. The molecule has 3 saturated heterocycles. The minimum Gasteiger partial charge on any atom is -0.337 e. The van der Waals surface area contributed by atoms with E-state index in [1.54, 1.807) is 6.92 Å². The summed E-state index contributed by atoms with van der Waals surface area (Å²) in [6, 6.07) is 1.14. The van der Waals surface area contributed by atoms with E-state index < -0.39 is 0 Å². The molecule has 0 aromatic heterocycles. The van der Waals surface area contributed by atoms with Crippen molar-refractivity contribution in [2.45, 2.75) is 38.8 Å². The van der Waals surface area contributed by atoms with E-state index in [4.69, 9.17) is 0 Å². The average Bonchev–Trinajstić information content (AvgIpc) is 2.18. The first kappa shape index (κ1) is 9.00. The van der Waals surface area contributed by atoms with Gasteiger partial charge in [0.15, 0.2) is 0 Å². The van der Waals surface area contributed by atoms with Crippen LogP contribution in [0.25, 0.3) is 0 Å². The fourth-order valence-electron chi connectivity index (χ4n) is 2.69. The summed E-state index contributed by atoms with van der Waals surface area (Å²) in [5, 5.41) is 0. The molecule has 0 aromatic rings. The van der Waals surface area contributed by atoms with Crippen molar-refractivity contribution in [1.82, 2.24) is 9.80 Å². The van der Waals surface area contributed by atoms with Gasteiger partial charge in [-0.05, 0) is 19.4 Å². The minimum atomic E-state index is 0.255. The smallest absolute Gasteiger partial charge is 0.219 e. The molecule has 3 aliphatic rings. The highest BCUT2D eigenvalue weighted by Gasteiger charge is 2.38. The normalized spacial score (nSPS) is 33.8. The zero-order valence-electron chi connectivity index (χ0n) is 8.49. The highest BCUT2D eigenvalue weighted by atomic mass is 16.2. The molecule has 2 unspecified atom stereocenters. The van der Waals surface area contributed by atoms with Gasteiger partial charge in [-0.15, -0.1) is 0 Å². The lowest BCUT2D eigenvalue weighted by Crippen LogP contribution is -2.63. The SMILES string of the molecule is CCN1CC2CCC1CN2C(C)=O. The van der Waals surface area contributed by atoms with Crippen LogP contribution in [0.2, 0.25) is 0 Å². The number of carbonyl (C=O) groups is 1. The lowest BCUT2D eigenvalue weighted by molar-refractivity contribution is -0.139. The van der Waals surface area contributed by atoms with Crippen molar-refractivity contribution in [1.29, 1.82) is 0 Å². The standard InChI is InChI=1S/C10H18N2O/c1-3-11-6-10-5-4-9(11)7-12(10)8(2)13/h9-10H,3-7H2,1-2H3. The largest absolute Gasteiger partial charge is 0.337 e. The van der Waals surface area contributed by atoms with E-state index in [-0.39, 0.29) is 5.91 Å². The summed E-state index contributed by atoms with van der Waals surface area (Å²) < 4.78 is 0. The summed E-state index contributed by atoms with van der Waals surface area (Å²) in [6.07, 6.45) is 2.49. The van der Waals surface area contributed by atoms with Gasteiger partial charge < -0.3 is 4.90 Å². The summed E-state index contributed by atoms with van der Waals surface area (Å²) in [7, 11) is 0. The number of fused-ring (bicyclic) bond motifs is 3. The molecule has 3 rings (SSSR count). The molecule has 0 aromatic carbocycles. The topological polar surface area (TPSA) is 23.6 Å². The maximum atomic E-state index is 11.3. The molecule has 0 radical (unpaired) electrons. The van der Waals surface area contributed by atoms with E-state index >= 15 is 0 Å².